The molecule has 2 saturated heterocycles. The van der Waals surface area contributed by atoms with Crippen LogP contribution in [-0.4, -0.2) is 44.4 Å². The lowest BCUT2D eigenvalue weighted by Gasteiger charge is -2.39. The van der Waals surface area contributed by atoms with E-state index < -0.39 is 17.6 Å². The molecule has 2 bridgehead atoms. The molecular weight excluding hydrogens is 289 g/mol. The third-order valence-corrected chi connectivity index (χ3v) is 4.39. The summed E-state index contributed by atoms with van der Waals surface area (Å²) < 4.78 is 39.3. The zero-order valence-electron chi connectivity index (χ0n) is 11.2. The van der Waals surface area contributed by atoms with Crippen molar-refractivity contribution in [2.24, 2.45) is 0 Å². The van der Waals surface area contributed by atoms with Crippen LogP contribution in [-0.2, 0) is 0 Å². The minimum absolute atomic E-state index is 0.0549. The smallest absolute Gasteiger partial charge is 0.289 e. The van der Waals surface area contributed by atoms with Crippen molar-refractivity contribution < 1.29 is 18.1 Å². The first-order valence-corrected chi connectivity index (χ1v) is 6.84. The predicted molar refractivity (Wildman–Crippen MR) is 66.7 cm³/mol. The fraction of sp³-hybridized carbons (Fsp3) is 0.750. The first-order valence-electron chi connectivity index (χ1n) is 6.84. The number of aromatic nitrogens is 2. The number of fused-ring (bicyclic) bond motifs is 2. The summed E-state index contributed by atoms with van der Waals surface area (Å²) in [5, 5.41) is 14.7. The molecule has 3 rings (SSSR count). The van der Waals surface area contributed by atoms with E-state index in [9.17, 15) is 23.3 Å². The Kier molecular flexibility index (Phi) is 3.39. The van der Waals surface area contributed by atoms with Crippen molar-refractivity contribution in [3.63, 3.8) is 0 Å². The van der Waals surface area contributed by atoms with Crippen molar-refractivity contribution in [2.45, 2.75) is 50.0 Å². The molecule has 2 unspecified atom stereocenters. The number of alkyl halides is 3. The van der Waals surface area contributed by atoms with Gasteiger partial charge in [-0.2, -0.15) is 18.3 Å². The van der Waals surface area contributed by atoms with E-state index in [4.69, 9.17) is 0 Å². The van der Waals surface area contributed by atoms with Gasteiger partial charge >= 0.3 is 11.9 Å². The van der Waals surface area contributed by atoms with Crippen LogP contribution in [0.4, 0.5) is 18.9 Å². The van der Waals surface area contributed by atoms with E-state index in [1.54, 1.807) is 0 Å². The van der Waals surface area contributed by atoms with Gasteiger partial charge in [0.2, 0.25) is 0 Å². The molecule has 0 spiro atoms. The normalized spacial score (nSPS) is 29.8. The van der Waals surface area contributed by atoms with Crippen LogP contribution in [0.5, 0.6) is 0 Å². The molecule has 1 aromatic rings. The molecule has 116 valence electrons. The summed E-state index contributed by atoms with van der Waals surface area (Å²) in [6.07, 6.45) is 0.990. The van der Waals surface area contributed by atoms with E-state index in [2.05, 4.69) is 5.10 Å². The zero-order valence-corrected chi connectivity index (χ0v) is 11.2. The van der Waals surface area contributed by atoms with E-state index in [0.29, 0.717) is 12.8 Å². The highest BCUT2D eigenvalue weighted by atomic mass is 19.4. The Balaban J connectivity index is 1.71. The van der Waals surface area contributed by atoms with Crippen molar-refractivity contribution in [3.8, 4) is 0 Å². The second kappa shape index (κ2) is 4.97. The minimum Gasteiger partial charge on any atom is -0.289 e. The summed E-state index contributed by atoms with van der Waals surface area (Å²) in [5.41, 5.74) is -0.0833. The molecule has 2 fully saturated rings. The topological polar surface area (TPSA) is 64.2 Å². The molecule has 0 N–H and O–H groups in total. The van der Waals surface area contributed by atoms with Crippen LogP contribution in [0, 0.1) is 10.1 Å². The van der Waals surface area contributed by atoms with Gasteiger partial charge in [-0.1, -0.05) is 0 Å². The standard InChI is InChI=1S/C12H15F3N4O2/c13-12(14,15)7-17-8-1-2-9(17)4-10(3-8)18-6-11(5-16-18)19(20)21/h5-6,8-10H,1-4,7H2. The lowest BCUT2D eigenvalue weighted by molar-refractivity contribution is -0.385. The van der Waals surface area contributed by atoms with Gasteiger partial charge < -0.3 is 0 Å². The van der Waals surface area contributed by atoms with E-state index >= 15 is 0 Å². The Labute approximate surface area is 118 Å². The largest absolute Gasteiger partial charge is 0.401 e. The van der Waals surface area contributed by atoms with E-state index in [0.717, 1.165) is 12.8 Å². The summed E-state index contributed by atoms with van der Waals surface area (Å²) in [6, 6.07) is -0.280. The Morgan fingerprint density at radius 2 is 1.90 bits per heavy atom. The number of hydrogen-bond acceptors (Lipinski definition) is 4. The average molecular weight is 304 g/mol. The summed E-state index contributed by atoms with van der Waals surface area (Å²) in [7, 11) is 0. The van der Waals surface area contributed by atoms with Crippen molar-refractivity contribution in [2.75, 3.05) is 6.54 Å². The molecule has 9 heteroatoms. The molecule has 21 heavy (non-hydrogen) atoms. The van der Waals surface area contributed by atoms with Gasteiger partial charge in [-0.25, -0.2) is 0 Å². The maximum atomic E-state index is 12.6. The Morgan fingerprint density at radius 3 is 2.38 bits per heavy atom. The second-order valence-corrected chi connectivity index (χ2v) is 5.73. The van der Waals surface area contributed by atoms with Crippen LogP contribution in [0.3, 0.4) is 0 Å². The molecule has 0 aromatic carbocycles. The third-order valence-electron chi connectivity index (χ3n) is 4.39. The lowest BCUT2D eigenvalue weighted by atomic mass is 9.97. The van der Waals surface area contributed by atoms with Gasteiger partial charge in [0.15, 0.2) is 0 Å². The van der Waals surface area contributed by atoms with Gasteiger partial charge in [0.25, 0.3) is 0 Å². The van der Waals surface area contributed by atoms with Gasteiger partial charge in [0.1, 0.15) is 12.4 Å². The summed E-state index contributed by atoms with van der Waals surface area (Å²) >= 11 is 0. The van der Waals surface area contributed by atoms with Crippen LogP contribution >= 0.6 is 0 Å². The van der Waals surface area contributed by atoms with Crippen LogP contribution in [0.15, 0.2) is 12.4 Å². The monoisotopic (exact) mass is 304 g/mol. The molecule has 6 nitrogen and oxygen atoms in total. The maximum absolute atomic E-state index is 12.6. The van der Waals surface area contributed by atoms with E-state index in [1.807, 2.05) is 0 Å². The van der Waals surface area contributed by atoms with Gasteiger partial charge in [-0.15, -0.1) is 0 Å². The maximum Gasteiger partial charge on any atom is 0.401 e. The number of halogens is 3. The first kappa shape index (κ1) is 14.3. The predicted octanol–water partition coefficient (Wildman–Crippen LogP) is 2.52. The van der Waals surface area contributed by atoms with Crippen molar-refractivity contribution in [1.29, 1.82) is 0 Å². The summed E-state index contributed by atoms with van der Waals surface area (Å²) in [5.74, 6) is 0. The third kappa shape index (κ3) is 2.87. The fourth-order valence-corrected chi connectivity index (χ4v) is 3.55. The van der Waals surface area contributed by atoms with Crippen molar-refractivity contribution in [1.82, 2.24) is 14.7 Å². The highest BCUT2D eigenvalue weighted by molar-refractivity contribution is 5.21. The highest BCUT2D eigenvalue weighted by Crippen LogP contribution is 2.42. The molecule has 0 saturated carbocycles. The molecule has 1 aromatic heterocycles. The summed E-state index contributed by atoms with van der Waals surface area (Å²) in [4.78, 5) is 11.7. The summed E-state index contributed by atoms with van der Waals surface area (Å²) in [6.45, 7) is -0.867. The van der Waals surface area contributed by atoms with Crippen molar-refractivity contribution in [3.05, 3.63) is 22.5 Å². The Morgan fingerprint density at radius 1 is 1.29 bits per heavy atom. The molecule has 2 atom stereocenters. The molecule has 2 aliphatic heterocycles. The van der Waals surface area contributed by atoms with Crippen LogP contribution in [0.25, 0.3) is 0 Å². The van der Waals surface area contributed by atoms with Gasteiger partial charge in [-0.3, -0.25) is 19.7 Å². The van der Waals surface area contributed by atoms with Crippen molar-refractivity contribution >= 4 is 5.69 Å². The first-order chi connectivity index (χ1) is 9.83. The van der Waals surface area contributed by atoms with Crippen LogP contribution in [0.1, 0.15) is 31.7 Å². The number of piperidine rings is 1. The lowest BCUT2D eigenvalue weighted by Crippen LogP contribution is -2.47. The average Bonchev–Trinajstić information content (AvgIpc) is 2.92. The minimum atomic E-state index is -4.18. The molecule has 2 aliphatic rings. The number of nitrogens with zero attached hydrogens (tertiary/aromatic N) is 4. The Hall–Kier alpha value is -1.64. The van der Waals surface area contributed by atoms with E-state index in [1.165, 1.54) is 22.0 Å². The molecule has 0 radical (unpaired) electrons. The molecule has 3 heterocycles. The number of hydrogen-bond donors (Lipinski definition) is 0. The molecule has 0 aliphatic carbocycles. The Bertz CT molecular complexity index is 531. The second-order valence-electron chi connectivity index (χ2n) is 5.73. The van der Waals surface area contributed by atoms with Crippen LogP contribution < -0.4 is 0 Å². The van der Waals surface area contributed by atoms with E-state index in [-0.39, 0.29) is 23.8 Å². The molecule has 0 amide bonds. The van der Waals surface area contributed by atoms with Crippen LogP contribution in [0.2, 0.25) is 0 Å². The van der Waals surface area contributed by atoms with Gasteiger partial charge in [0, 0.05) is 12.1 Å². The highest BCUT2D eigenvalue weighted by Gasteiger charge is 2.46. The number of rotatable bonds is 3. The van der Waals surface area contributed by atoms with Gasteiger partial charge in [0.05, 0.1) is 17.5 Å². The molecular formula is C12H15F3N4O2. The number of nitro groups is 1. The SMILES string of the molecule is O=[N+]([O-])c1cnn(C2CC3CCC(C2)N3CC(F)(F)F)c1. The van der Waals surface area contributed by atoms with Gasteiger partial charge in [-0.05, 0) is 25.7 Å². The quantitative estimate of drug-likeness (QED) is 0.636. The fourth-order valence-electron chi connectivity index (χ4n) is 3.55. The zero-order chi connectivity index (χ0) is 15.2.